The Morgan fingerprint density at radius 1 is 0.571 bits per heavy atom. The first kappa shape index (κ1) is 20.7. The molecule has 21 heavy (non-hydrogen) atoms. The van der Waals surface area contributed by atoms with Crippen LogP contribution in [0, 0.1) is 6.92 Å². The van der Waals surface area contributed by atoms with Crippen LogP contribution in [-0.4, -0.2) is 5.78 Å². The van der Waals surface area contributed by atoms with Crippen LogP contribution in [0.4, 0.5) is 0 Å². The van der Waals surface area contributed by atoms with E-state index in [0.717, 1.165) is 6.42 Å². The molecule has 0 N–H and O–H groups in total. The van der Waals surface area contributed by atoms with Gasteiger partial charge in [0.25, 0.3) is 0 Å². The van der Waals surface area contributed by atoms with E-state index < -0.39 is 0 Å². The van der Waals surface area contributed by atoms with Crippen LogP contribution in [0.15, 0.2) is 0 Å². The highest BCUT2D eigenvalue weighted by molar-refractivity contribution is 5.82. The molecule has 1 heteroatoms. The fourth-order valence-corrected chi connectivity index (χ4v) is 2.87. The summed E-state index contributed by atoms with van der Waals surface area (Å²) in [5.41, 5.74) is 0. The molecule has 0 rings (SSSR count). The quantitative estimate of drug-likeness (QED) is 0.263. The minimum absolute atomic E-state index is 0.0976. The summed E-state index contributed by atoms with van der Waals surface area (Å²) in [4.78, 5) is 10.7. The van der Waals surface area contributed by atoms with E-state index in [9.17, 15) is 4.79 Å². The van der Waals surface area contributed by atoms with Crippen LogP contribution in [0.1, 0.15) is 116 Å². The van der Waals surface area contributed by atoms with Gasteiger partial charge >= 0.3 is 0 Å². The maximum atomic E-state index is 10.7. The Labute approximate surface area is 134 Å². The Morgan fingerprint density at radius 3 is 1.14 bits per heavy atom. The number of carbonyl (C=O) groups excluding carboxylic acids is 1. The van der Waals surface area contributed by atoms with Gasteiger partial charge in [0.15, 0.2) is 0 Å². The lowest BCUT2D eigenvalue weighted by molar-refractivity contribution is -0.114. The van der Waals surface area contributed by atoms with E-state index in [0.29, 0.717) is 6.42 Å². The molecule has 0 aliphatic carbocycles. The third kappa shape index (κ3) is 19.7. The number of carbonyl (C=O) groups is 1. The van der Waals surface area contributed by atoms with Crippen LogP contribution >= 0.6 is 0 Å². The molecule has 0 saturated carbocycles. The summed E-state index contributed by atoms with van der Waals surface area (Å²) in [5.74, 6) is 0.0976. The van der Waals surface area contributed by atoms with Gasteiger partial charge in [0, 0.05) is 13.3 Å². The van der Waals surface area contributed by atoms with E-state index in [1.165, 1.54) is 96.3 Å². The molecule has 0 heterocycles. The smallest absolute Gasteiger partial charge is 0.133 e. The second kappa shape index (κ2) is 17.7. The number of ketones is 1. The predicted molar refractivity (Wildman–Crippen MR) is 94.5 cm³/mol. The van der Waals surface area contributed by atoms with Crippen LogP contribution in [0.2, 0.25) is 0 Å². The average molecular weight is 296 g/mol. The van der Waals surface area contributed by atoms with E-state index in [4.69, 9.17) is 0 Å². The molecule has 0 atom stereocenters. The van der Waals surface area contributed by atoms with E-state index in [1.807, 2.05) is 0 Å². The van der Waals surface area contributed by atoms with Gasteiger partial charge in [-0.3, -0.25) is 4.79 Å². The number of hydrogen-bond acceptors (Lipinski definition) is 1. The van der Waals surface area contributed by atoms with Gasteiger partial charge in [-0.1, -0.05) is 103 Å². The Balaban J connectivity index is 2.95. The van der Waals surface area contributed by atoms with Crippen molar-refractivity contribution >= 4 is 5.78 Å². The first-order valence-corrected chi connectivity index (χ1v) is 9.62. The molecule has 0 aromatic heterocycles. The largest absolute Gasteiger partial charge is 0.300 e. The van der Waals surface area contributed by atoms with Gasteiger partial charge in [0.2, 0.25) is 0 Å². The molecule has 0 spiro atoms. The molecule has 0 aliphatic rings. The first-order chi connectivity index (χ1) is 10.3. The molecule has 0 amide bonds. The van der Waals surface area contributed by atoms with Gasteiger partial charge in [-0.15, -0.1) is 0 Å². The van der Waals surface area contributed by atoms with Crippen LogP contribution < -0.4 is 0 Å². The number of unbranched alkanes of at least 4 members (excludes halogenated alkanes) is 15. The average Bonchev–Trinajstić information content (AvgIpc) is 2.46. The Kier molecular flexibility index (Phi) is 17.4. The maximum absolute atomic E-state index is 10.7. The van der Waals surface area contributed by atoms with Gasteiger partial charge in [0.1, 0.15) is 5.78 Å². The van der Waals surface area contributed by atoms with Crippen LogP contribution in [0.5, 0.6) is 0 Å². The van der Waals surface area contributed by atoms with Gasteiger partial charge in [-0.2, -0.15) is 0 Å². The highest BCUT2D eigenvalue weighted by atomic mass is 16.1. The van der Waals surface area contributed by atoms with Crippen molar-refractivity contribution in [3.8, 4) is 0 Å². The first-order valence-electron chi connectivity index (χ1n) is 9.62. The molecule has 0 unspecified atom stereocenters. The van der Waals surface area contributed by atoms with Crippen molar-refractivity contribution in [2.75, 3.05) is 0 Å². The monoisotopic (exact) mass is 295 g/mol. The molecule has 0 aliphatic heterocycles. The fourth-order valence-electron chi connectivity index (χ4n) is 2.87. The molecule has 1 nitrogen and oxygen atoms in total. The SMILES string of the molecule is [CH2]C(=O)CCCCCCCCCCCCCCCCCC. The molecule has 0 aromatic carbocycles. The zero-order valence-electron chi connectivity index (χ0n) is 14.6. The second-order valence-electron chi connectivity index (χ2n) is 6.59. The van der Waals surface area contributed by atoms with Crippen LogP contribution in [0.25, 0.3) is 0 Å². The van der Waals surface area contributed by atoms with Gasteiger partial charge in [0.05, 0.1) is 0 Å². The standard InChI is InChI=1S/C20H39O/c1-3-4-5-6-7-8-9-10-11-12-13-14-15-16-17-18-19-20(2)21/h2-19H2,1H3. The van der Waals surface area contributed by atoms with Gasteiger partial charge in [-0.05, 0) is 6.42 Å². The minimum Gasteiger partial charge on any atom is -0.300 e. The number of rotatable bonds is 17. The number of Topliss-reactive ketones (excluding diaryl/α,β-unsaturated/α-hetero) is 1. The van der Waals surface area contributed by atoms with Crippen LogP contribution in [0.3, 0.4) is 0 Å². The van der Waals surface area contributed by atoms with E-state index in [1.54, 1.807) is 0 Å². The summed E-state index contributed by atoms with van der Waals surface area (Å²) in [6.45, 7) is 5.69. The van der Waals surface area contributed by atoms with Crippen molar-refractivity contribution < 1.29 is 4.79 Å². The minimum atomic E-state index is 0.0976. The van der Waals surface area contributed by atoms with Crippen molar-refractivity contribution in [2.45, 2.75) is 116 Å². The molecular formula is C20H39O. The molecular weight excluding hydrogens is 256 g/mol. The Morgan fingerprint density at radius 2 is 0.857 bits per heavy atom. The van der Waals surface area contributed by atoms with Crippen molar-refractivity contribution in [1.29, 1.82) is 0 Å². The summed E-state index contributed by atoms with van der Waals surface area (Å²) in [7, 11) is 0. The molecule has 0 bridgehead atoms. The van der Waals surface area contributed by atoms with Crippen molar-refractivity contribution in [3.05, 3.63) is 6.92 Å². The molecule has 0 aromatic rings. The van der Waals surface area contributed by atoms with Crippen LogP contribution in [-0.2, 0) is 4.79 Å². The Hall–Kier alpha value is -0.330. The van der Waals surface area contributed by atoms with Crippen molar-refractivity contribution in [3.63, 3.8) is 0 Å². The van der Waals surface area contributed by atoms with E-state index in [-0.39, 0.29) is 5.78 Å². The summed E-state index contributed by atoms with van der Waals surface area (Å²) in [5, 5.41) is 0. The maximum Gasteiger partial charge on any atom is 0.133 e. The van der Waals surface area contributed by atoms with Gasteiger partial charge in [-0.25, -0.2) is 0 Å². The lowest BCUT2D eigenvalue weighted by Gasteiger charge is -2.03. The third-order valence-electron chi connectivity index (χ3n) is 4.31. The lowest BCUT2D eigenvalue weighted by Crippen LogP contribution is -1.89. The molecule has 1 radical (unpaired) electrons. The highest BCUT2D eigenvalue weighted by Crippen LogP contribution is 2.13. The summed E-state index contributed by atoms with van der Waals surface area (Å²) in [6.07, 6.45) is 22.7. The highest BCUT2D eigenvalue weighted by Gasteiger charge is 1.95. The van der Waals surface area contributed by atoms with E-state index >= 15 is 0 Å². The fraction of sp³-hybridized carbons (Fsp3) is 0.900. The third-order valence-corrected chi connectivity index (χ3v) is 4.31. The lowest BCUT2D eigenvalue weighted by atomic mass is 10.0. The second-order valence-corrected chi connectivity index (χ2v) is 6.59. The van der Waals surface area contributed by atoms with Crippen molar-refractivity contribution in [2.24, 2.45) is 0 Å². The topological polar surface area (TPSA) is 17.1 Å². The normalized spacial score (nSPS) is 11.0. The zero-order valence-corrected chi connectivity index (χ0v) is 14.6. The molecule has 125 valence electrons. The Bertz CT molecular complexity index is 210. The van der Waals surface area contributed by atoms with E-state index in [2.05, 4.69) is 13.8 Å². The zero-order chi connectivity index (χ0) is 15.6. The van der Waals surface area contributed by atoms with Gasteiger partial charge < -0.3 is 0 Å². The predicted octanol–water partition coefficient (Wildman–Crippen LogP) is 7.04. The molecule has 0 fully saturated rings. The summed E-state index contributed by atoms with van der Waals surface area (Å²) < 4.78 is 0. The number of hydrogen-bond donors (Lipinski definition) is 0. The summed E-state index contributed by atoms with van der Waals surface area (Å²) in [6, 6.07) is 0. The van der Waals surface area contributed by atoms with Crippen molar-refractivity contribution in [1.82, 2.24) is 0 Å². The summed E-state index contributed by atoms with van der Waals surface area (Å²) >= 11 is 0. The molecule has 0 saturated heterocycles.